The summed E-state index contributed by atoms with van der Waals surface area (Å²) in [5.74, 6) is 1.91. The Bertz CT molecular complexity index is 740. The van der Waals surface area contributed by atoms with Crippen molar-refractivity contribution in [3.63, 3.8) is 0 Å². The van der Waals surface area contributed by atoms with Gasteiger partial charge in [0, 0.05) is 38.3 Å². The van der Waals surface area contributed by atoms with Crippen molar-refractivity contribution < 1.29 is 14.3 Å². The van der Waals surface area contributed by atoms with Crippen molar-refractivity contribution in [3.05, 3.63) is 59.7 Å². The molecule has 1 amide bonds. The van der Waals surface area contributed by atoms with Gasteiger partial charge in [0.1, 0.15) is 0 Å². The Morgan fingerprint density at radius 2 is 1.72 bits per heavy atom. The number of nitrogens with zero attached hydrogens (tertiary/aromatic N) is 2. The van der Waals surface area contributed by atoms with E-state index in [1.165, 1.54) is 0 Å². The first kappa shape index (κ1) is 16.0. The van der Waals surface area contributed by atoms with E-state index in [9.17, 15) is 4.79 Å². The number of para-hydroxylation sites is 1. The summed E-state index contributed by atoms with van der Waals surface area (Å²) in [7, 11) is 0. The number of piperazine rings is 1. The third-order valence-electron chi connectivity index (χ3n) is 4.80. The summed E-state index contributed by atoms with van der Waals surface area (Å²) in [5, 5.41) is 0. The zero-order chi connectivity index (χ0) is 17.1. The number of carbonyl (C=O) groups excluding carboxylic acids is 1. The van der Waals surface area contributed by atoms with Crippen LogP contribution in [0.2, 0.25) is 0 Å². The second kappa shape index (κ2) is 7.15. The Kier molecular flexibility index (Phi) is 4.57. The number of ether oxygens (including phenoxy) is 2. The van der Waals surface area contributed by atoms with Crippen LogP contribution in [-0.2, 0) is 17.8 Å². The highest BCUT2D eigenvalue weighted by molar-refractivity contribution is 5.78. The van der Waals surface area contributed by atoms with Crippen LogP contribution in [0, 0.1) is 0 Å². The van der Waals surface area contributed by atoms with E-state index < -0.39 is 0 Å². The molecular formula is C20H22N2O3. The van der Waals surface area contributed by atoms with Crippen molar-refractivity contribution >= 4 is 5.91 Å². The topological polar surface area (TPSA) is 42.0 Å². The van der Waals surface area contributed by atoms with Gasteiger partial charge in [-0.05, 0) is 11.6 Å². The molecule has 0 aliphatic carbocycles. The molecule has 0 atom stereocenters. The predicted octanol–water partition coefficient (Wildman–Crippen LogP) is 2.30. The van der Waals surface area contributed by atoms with Crippen molar-refractivity contribution in [1.29, 1.82) is 0 Å². The van der Waals surface area contributed by atoms with E-state index in [1.54, 1.807) is 0 Å². The van der Waals surface area contributed by atoms with Gasteiger partial charge in [-0.3, -0.25) is 9.69 Å². The van der Waals surface area contributed by atoms with Crippen LogP contribution >= 0.6 is 0 Å². The molecule has 2 aromatic carbocycles. The summed E-state index contributed by atoms with van der Waals surface area (Å²) in [4.78, 5) is 16.8. The van der Waals surface area contributed by atoms with Gasteiger partial charge in [0.05, 0.1) is 6.42 Å². The lowest BCUT2D eigenvalue weighted by atomic mass is 10.1. The molecule has 2 heterocycles. The molecule has 1 saturated heterocycles. The van der Waals surface area contributed by atoms with Crippen LogP contribution in [0.15, 0.2) is 48.5 Å². The van der Waals surface area contributed by atoms with E-state index in [-0.39, 0.29) is 5.91 Å². The average Bonchev–Trinajstić information content (AvgIpc) is 3.13. The van der Waals surface area contributed by atoms with Gasteiger partial charge < -0.3 is 14.4 Å². The highest BCUT2D eigenvalue weighted by Gasteiger charge is 2.23. The summed E-state index contributed by atoms with van der Waals surface area (Å²) in [6.45, 7) is 4.44. The summed E-state index contributed by atoms with van der Waals surface area (Å²) in [6, 6.07) is 16.0. The third kappa shape index (κ3) is 3.61. The van der Waals surface area contributed by atoms with Crippen LogP contribution in [0.25, 0.3) is 0 Å². The zero-order valence-electron chi connectivity index (χ0n) is 14.2. The normalized spacial score (nSPS) is 16.9. The number of rotatable bonds is 4. The number of hydrogen-bond acceptors (Lipinski definition) is 4. The molecule has 0 saturated carbocycles. The monoisotopic (exact) mass is 338 g/mol. The predicted molar refractivity (Wildman–Crippen MR) is 94.6 cm³/mol. The molecule has 0 unspecified atom stereocenters. The van der Waals surface area contributed by atoms with Gasteiger partial charge in [-0.2, -0.15) is 0 Å². The highest BCUT2D eigenvalue weighted by atomic mass is 16.7. The molecule has 0 bridgehead atoms. The zero-order valence-corrected chi connectivity index (χ0v) is 14.2. The lowest BCUT2D eigenvalue weighted by molar-refractivity contribution is -0.132. The molecule has 2 aromatic rings. The molecule has 5 heteroatoms. The van der Waals surface area contributed by atoms with E-state index in [4.69, 9.17) is 9.47 Å². The van der Waals surface area contributed by atoms with Crippen LogP contribution in [0.3, 0.4) is 0 Å². The Balaban J connectivity index is 1.31. The standard InChI is InChI=1S/C20H22N2O3/c23-19(13-16-5-2-1-3-6-16)22-11-9-21(10-12-22)14-17-7-4-8-18-20(17)25-15-24-18/h1-8H,9-15H2. The second-order valence-electron chi connectivity index (χ2n) is 6.47. The van der Waals surface area contributed by atoms with Crippen molar-refractivity contribution in [3.8, 4) is 11.5 Å². The van der Waals surface area contributed by atoms with E-state index in [0.29, 0.717) is 13.2 Å². The molecule has 2 aliphatic rings. The smallest absolute Gasteiger partial charge is 0.231 e. The van der Waals surface area contributed by atoms with E-state index in [2.05, 4.69) is 11.0 Å². The molecule has 0 spiro atoms. The molecule has 1 fully saturated rings. The summed E-state index contributed by atoms with van der Waals surface area (Å²) < 4.78 is 11.0. The van der Waals surface area contributed by atoms with Gasteiger partial charge in [-0.25, -0.2) is 0 Å². The van der Waals surface area contributed by atoms with Crippen LogP contribution < -0.4 is 9.47 Å². The highest BCUT2D eigenvalue weighted by Crippen LogP contribution is 2.35. The van der Waals surface area contributed by atoms with E-state index in [1.807, 2.05) is 47.4 Å². The number of carbonyl (C=O) groups is 1. The minimum atomic E-state index is 0.211. The van der Waals surface area contributed by atoms with Gasteiger partial charge in [-0.1, -0.05) is 42.5 Å². The van der Waals surface area contributed by atoms with Gasteiger partial charge in [0.25, 0.3) is 0 Å². The fourth-order valence-electron chi connectivity index (χ4n) is 3.39. The van der Waals surface area contributed by atoms with Gasteiger partial charge in [0.2, 0.25) is 12.7 Å². The number of hydrogen-bond donors (Lipinski definition) is 0. The number of benzene rings is 2. The third-order valence-corrected chi connectivity index (χ3v) is 4.80. The first-order chi connectivity index (χ1) is 12.3. The molecule has 0 aromatic heterocycles. The molecule has 4 rings (SSSR count). The Morgan fingerprint density at radius 3 is 2.52 bits per heavy atom. The largest absolute Gasteiger partial charge is 0.454 e. The lowest BCUT2D eigenvalue weighted by Crippen LogP contribution is -2.48. The Morgan fingerprint density at radius 1 is 0.920 bits per heavy atom. The van der Waals surface area contributed by atoms with Crippen LogP contribution in [-0.4, -0.2) is 48.7 Å². The number of fused-ring (bicyclic) bond motifs is 1. The number of amides is 1. The summed E-state index contributed by atoms with van der Waals surface area (Å²) in [6.07, 6.45) is 0.484. The summed E-state index contributed by atoms with van der Waals surface area (Å²) >= 11 is 0. The van der Waals surface area contributed by atoms with Crippen molar-refractivity contribution in [2.75, 3.05) is 33.0 Å². The first-order valence-electron chi connectivity index (χ1n) is 8.71. The van der Waals surface area contributed by atoms with Gasteiger partial charge in [0.15, 0.2) is 11.5 Å². The van der Waals surface area contributed by atoms with E-state index in [0.717, 1.165) is 55.3 Å². The maximum Gasteiger partial charge on any atom is 0.231 e. The Labute approximate surface area is 147 Å². The van der Waals surface area contributed by atoms with Crippen molar-refractivity contribution in [2.24, 2.45) is 0 Å². The fourth-order valence-corrected chi connectivity index (χ4v) is 3.39. The van der Waals surface area contributed by atoms with Gasteiger partial charge in [-0.15, -0.1) is 0 Å². The maximum absolute atomic E-state index is 12.5. The van der Waals surface area contributed by atoms with Crippen LogP contribution in [0.5, 0.6) is 11.5 Å². The molecule has 0 radical (unpaired) electrons. The van der Waals surface area contributed by atoms with Crippen molar-refractivity contribution in [2.45, 2.75) is 13.0 Å². The first-order valence-corrected chi connectivity index (χ1v) is 8.71. The lowest BCUT2D eigenvalue weighted by Gasteiger charge is -2.35. The maximum atomic E-state index is 12.5. The molecule has 2 aliphatic heterocycles. The quantitative estimate of drug-likeness (QED) is 0.858. The molecule has 0 N–H and O–H groups in total. The fraction of sp³-hybridized carbons (Fsp3) is 0.350. The van der Waals surface area contributed by atoms with Crippen molar-refractivity contribution in [1.82, 2.24) is 9.80 Å². The average molecular weight is 338 g/mol. The minimum absolute atomic E-state index is 0.211. The molecular weight excluding hydrogens is 316 g/mol. The molecule has 25 heavy (non-hydrogen) atoms. The SMILES string of the molecule is O=C(Cc1ccccc1)N1CCN(Cc2cccc3c2OCO3)CC1. The minimum Gasteiger partial charge on any atom is -0.454 e. The molecule has 130 valence electrons. The van der Waals surface area contributed by atoms with Crippen LogP contribution in [0.1, 0.15) is 11.1 Å². The molecule has 5 nitrogen and oxygen atoms in total. The van der Waals surface area contributed by atoms with Gasteiger partial charge >= 0.3 is 0 Å². The second-order valence-corrected chi connectivity index (χ2v) is 6.47. The van der Waals surface area contributed by atoms with Crippen LogP contribution in [0.4, 0.5) is 0 Å². The summed E-state index contributed by atoms with van der Waals surface area (Å²) in [5.41, 5.74) is 2.23. The van der Waals surface area contributed by atoms with E-state index >= 15 is 0 Å². The Hall–Kier alpha value is -2.53.